The molecule has 2 atom stereocenters. The molecule has 0 heterocycles. The quantitative estimate of drug-likeness (QED) is 0.261. The highest BCUT2D eigenvalue weighted by Crippen LogP contribution is 2.00. The zero-order chi connectivity index (χ0) is 20.7. The van der Waals surface area contributed by atoms with Crippen molar-refractivity contribution in [3.8, 4) is 0 Å². The minimum atomic E-state index is -1.66. The number of nitrogens with one attached hydrogen (secondary N) is 1. The van der Waals surface area contributed by atoms with E-state index in [0.29, 0.717) is 0 Å². The third-order valence-electron chi connectivity index (χ3n) is 1.76. The highest BCUT2D eigenvalue weighted by molar-refractivity contribution is 5.84. The zero-order valence-electron chi connectivity index (χ0n) is 13.2. The summed E-state index contributed by atoms with van der Waals surface area (Å²) >= 11 is 0. The van der Waals surface area contributed by atoms with Crippen LogP contribution in [0.15, 0.2) is 0 Å². The number of rotatable bonds is 8. The molecule has 0 saturated heterocycles. The second-order valence-electron chi connectivity index (χ2n) is 4.18. The Morgan fingerprint density at radius 3 is 0.960 bits per heavy atom. The van der Waals surface area contributed by atoms with E-state index in [0.717, 1.165) is 13.8 Å². The molecular weight excluding hydrogens is 350 g/mol. The van der Waals surface area contributed by atoms with Gasteiger partial charge in [0, 0.05) is 13.8 Å². The van der Waals surface area contributed by atoms with E-state index in [1.807, 2.05) is 5.32 Å². The normalized spacial score (nSPS) is 11.3. The maximum absolute atomic E-state index is 10.6. The predicted octanol–water partition coefficient (Wildman–Crippen LogP) is -1.39. The van der Waals surface area contributed by atoms with Crippen LogP contribution in [0.1, 0.15) is 26.7 Å². The van der Waals surface area contributed by atoms with Gasteiger partial charge in [-0.1, -0.05) is 0 Å². The summed E-state index contributed by atoms with van der Waals surface area (Å²) in [5.41, 5.74) is 0. The number of hydrogen-bond acceptors (Lipinski definition) is 7. The monoisotopic (exact) mass is 369 g/mol. The third-order valence-corrected chi connectivity index (χ3v) is 1.76. The van der Waals surface area contributed by atoms with Crippen molar-refractivity contribution in [2.24, 2.45) is 0 Å². The van der Waals surface area contributed by atoms with Gasteiger partial charge in [0.2, 0.25) is 0 Å². The van der Waals surface area contributed by atoms with Gasteiger partial charge in [-0.2, -0.15) is 0 Å². The van der Waals surface area contributed by atoms with Gasteiger partial charge in [0.25, 0.3) is 11.9 Å². The van der Waals surface area contributed by atoms with E-state index in [4.69, 9.17) is 40.2 Å². The van der Waals surface area contributed by atoms with Gasteiger partial charge < -0.3 is 30.6 Å². The number of carbonyl (C=O) groups is 6. The lowest BCUT2D eigenvalue weighted by Gasteiger charge is -2.17. The number of carboxylic acid groups (broad SMARTS) is 6. The van der Waals surface area contributed by atoms with E-state index >= 15 is 0 Å². The second-order valence-corrected chi connectivity index (χ2v) is 4.18. The highest BCUT2D eigenvalue weighted by Gasteiger charge is 2.29. The predicted molar refractivity (Wildman–Crippen MR) is 77.1 cm³/mol. The van der Waals surface area contributed by atoms with Crippen LogP contribution in [0.4, 0.5) is 0 Å². The first-order valence-electron chi connectivity index (χ1n) is 6.24. The van der Waals surface area contributed by atoms with E-state index in [1.54, 1.807) is 0 Å². The summed E-state index contributed by atoms with van der Waals surface area (Å²) in [5.74, 6) is -7.68. The van der Waals surface area contributed by atoms with Gasteiger partial charge >= 0.3 is 23.9 Å². The van der Waals surface area contributed by atoms with Gasteiger partial charge in [-0.25, -0.2) is 0 Å². The first-order chi connectivity index (χ1) is 11.2. The molecule has 0 fully saturated rings. The van der Waals surface area contributed by atoms with Crippen LogP contribution >= 0.6 is 0 Å². The van der Waals surface area contributed by atoms with E-state index in [-0.39, 0.29) is 0 Å². The lowest BCUT2D eigenvalue weighted by Crippen LogP contribution is -2.48. The molecule has 0 aromatic rings. The Bertz CT molecular complexity index is 448. The van der Waals surface area contributed by atoms with Crippen LogP contribution in [0.3, 0.4) is 0 Å². The van der Waals surface area contributed by atoms with Crippen LogP contribution in [-0.4, -0.2) is 78.5 Å². The van der Waals surface area contributed by atoms with Crippen molar-refractivity contribution >= 4 is 35.8 Å². The van der Waals surface area contributed by atoms with Crippen LogP contribution in [-0.2, 0) is 28.8 Å². The lowest BCUT2D eigenvalue weighted by molar-refractivity contribution is -0.150. The molecule has 0 bridgehead atoms. The fraction of sp³-hybridized carbons (Fsp3) is 0.500. The molecule has 0 aliphatic carbocycles. The fourth-order valence-electron chi connectivity index (χ4n) is 1.03. The minimum absolute atomic E-state index is 0.833. The lowest BCUT2D eigenvalue weighted by atomic mass is 10.1. The Morgan fingerprint density at radius 1 is 0.640 bits per heavy atom. The van der Waals surface area contributed by atoms with E-state index < -0.39 is 60.7 Å². The molecular formula is C12H19NO12. The first-order valence-corrected chi connectivity index (χ1v) is 6.24. The first kappa shape index (κ1) is 26.7. The average Bonchev–Trinajstić information content (AvgIpc) is 2.33. The molecule has 13 nitrogen and oxygen atoms in total. The fourth-order valence-corrected chi connectivity index (χ4v) is 1.03. The molecule has 25 heavy (non-hydrogen) atoms. The maximum atomic E-state index is 10.6. The molecule has 7 N–H and O–H groups in total. The SMILES string of the molecule is CC(=O)O.CC(=O)O.O=C(O)CC(NC(CC(=O)O)C(=O)O)C(=O)O. The molecule has 144 valence electrons. The van der Waals surface area contributed by atoms with Gasteiger partial charge in [0.1, 0.15) is 12.1 Å². The summed E-state index contributed by atoms with van der Waals surface area (Å²) < 4.78 is 0. The zero-order valence-corrected chi connectivity index (χ0v) is 13.2. The van der Waals surface area contributed by atoms with Crippen LogP contribution in [0.5, 0.6) is 0 Å². The van der Waals surface area contributed by atoms with E-state index in [1.165, 1.54) is 0 Å². The molecule has 0 spiro atoms. The van der Waals surface area contributed by atoms with Gasteiger partial charge in [0.15, 0.2) is 0 Å². The topological polar surface area (TPSA) is 236 Å². The molecule has 2 unspecified atom stereocenters. The van der Waals surface area contributed by atoms with Gasteiger partial charge in [-0.05, 0) is 0 Å². The summed E-state index contributed by atoms with van der Waals surface area (Å²) in [6.45, 7) is 2.17. The van der Waals surface area contributed by atoms with Crippen molar-refractivity contribution < 1.29 is 59.4 Å². The summed E-state index contributed by atoms with van der Waals surface area (Å²) in [6.07, 6.45) is -1.70. The summed E-state index contributed by atoms with van der Waals surface area (Å²) in [6, 6.07) is -3.32. The second kappa shape index (κ2) is 14.4. The molecule has 0 aromatic heterocycles. The molecule has 13 heteroatoms. The standard InChI is InChI=1S/C8H11NO8.2C2H4O2/c10-5(11)1-3(7(14)15)9-4(8(16)17)2-6(12)13;2*1-2(3)4/h3-4,9H,1-2H2,(H,10,11)(H,12,13)(H,14,15)(H,16,17);2*1H3,(H,3,4). The molecule has 0 aromatic carbocycles. The Balaban J connectivity index is -0.000000503. The number of aliphatic carboxylic acids is 6. The Labute approximate surface area is 140 Å². The summed E-state index contributed by atoms with van der Waals surface area (Å²) in [4.78, 5) is 59.9. The molecule has 0 amide bonds. The van der Waals surface area contributed by atoms with Crippen molar-refractivity contribution in [2.45, 2.75) is 38.8 Å². The highest BCUT2D eigenvalue weighted by atomic mass is 16.4. The maximum Gasteiger partial charge on any atom is 0.321 e. The molecule has 0 aliphatic heterocycles. The van der Waals surface area contributed by atoms with E-state index in [2.05, 4.69) is 0 Å². The van der Waals surface area contributed by atoms with Crippen molar-refractivity contribution in [1.29, 1.82) is 0 Å². The van der Waals surface area contributed by atoms with Gasteiger partial charge in [0.05, 0.1) is 12.8 Å². The van der Waals surface area contributed by atoms with Crippen molar-refractivity contribution in [2.75, 3.05) is 0 Å². The molecule has 0 rings (SSSR count). The summed E-state index contributed by atoms with van der Waals surface area (Å²) in [5, 5.41) is 50.8. The molecule has 0 saturated carbocycles. The van der Waals surface area contributed by atoms with E-state index in [9.17, 15) is 19.2 Å². The Kier molecular flexibility index (Phi) is 15.3. The number of hydrogen-bond donors (Lipinski definition) is 7. The van der Waals surface area contributed by atoms with Gasteiger partial charge in [-0.15, -0.1) is 0 Å². The molecule has 0 radical (unpaired) electrons. The largest absolute Gasteiger partial charge is 0.481 e. The third kappa shape index (κ3) is 26.0. The Morgan fingerprint density at radius 2 is 0.840 bits per heavy atom. The van der Waals surface area contributed by atoms with Crippen LogP contribution in [0.25, 0.3) is 0 Å². The van der Waals surface area contributed by atoms with Crippen LogP contribution < -0.4 is 5.32 Å². The number of carboxylic acids is 6. The Hall–Kier alpha value is -3.22. The van der Waals surface area contributed by atoms with Crippen molar-refractivity contribution in [3.63, 3.8) is 0 Å². The summed E-state index contributed by atoms with van der Waals surface area (Å²) in [7, 11) is 0. The van der Waals surface area contributed by atoms with Crippen molar-refractivity contribution in [3.05, 3.63) is 0 Å². The van der Waals surface area contributed by atoms with Crippen LogP contribution in [0, 0.1) is 0 Å². The van der Waals surface area contributed by atoms with Gasteiger partial charge in [-0.3, -0.25) is 34.1 Å². The molecule has 0 aliphatic rings. The van der Waals surface area contributed by atoms with Crippen molar-refractivity contribution in [1.82, 2.24) is 5.32 Å². The minimum Gasteiger partial charge on any atom is -0.481 e. The van der Waals surface area contributed by atoms with Crippen LogP contribution in [0.2, 0.25) is 0 Å². The average molecular weight is 369 g/mol. The smallest absolute Gasteiger partial charge is 0.321 e.